The summed E-state index contributed by atoms with van der Waals surface area (Å²) in [5.74, 6) is -0.341. The molecule has 0 saturated heterocycles. The lowest BCUT2D eigenvalue weighted by Crippen LogP contribution is -2.12. The van der Waals surface area contributed by atoms with E-state index in [9.17, 15) is 9.59 Å². The van der Waals surface area contributed by atoms with E-state index in [0.717, 1.165) is 29.1 Å². The Morgan fingerprint density at radius 1 is 0.909 bits per heavy atom. The van der Waals surface area contributed by atoms with Gasteiger partial charge in [-0.3, -0.25) is 9.59 Å². The van der Waals surface area contributed by atoms with E-state index in [4.69, 9.17) is 5.73 Å². The Morgan fingerprint density at radius 3 is 2.15 bits per heavy atom. The SMILES string of the molecule is CC/C=C(/Nc1ccc(NC(=O)c2cccc(C(C)=O)c2)cc1)c1cc(N(C)C)ccc1N. The topological polar surface area (TPSA) is 87.5 Å². The van der Waals surface area contributed by atoms with Crippen molar-refractivity contribution in [3.63, 3.8) is 0 Å². The molecule has 0 aliphatic carbocycles. The summed E-state index contributed by atoms with van der Waals surface area (Å²) in [6.45, 7) is 3.56. The lowest BCUT2D eigenvalue weighted by atomic mass is 10.1. The molecule has 0 unspecified atom stereocenters. The zero-order valence-electron chi connectivity index (χ0n) is 19.5. The minimum atomic E-state index is -0.265. The van der Waals surface area contributed by atoms with Gasteiger partial charge in [-0.25, -0.2) is 0 Å². The van der Waals surface area contributed by atoms with Gasteiger partial charge in [-0.05, 0) is 67.9 Å². The minimum absolute atomic E-state index is 0.0761. The van der Waals surface area contributed by atoms with Gasteiger partial charge in [0.25, 0.3) is 5.91 Å². The summed E-state index contributed by atoms with van der Waals surface area (Å²) >= 11 is 0. The number of nitrogen functional groups attached to an aromatic ring is 1. The third kappa shape index (κ3) is 6.01. The Balaban J connectivity index is 1.76. The number of nitrogens with one attached hydrogen (secondary N) is 2. The molecule has 3 aromatic rings. The van der Waals surface area contributed by atoms with E-state index in [0.29, 0.717) is 22.5 Å². The summed E-state index contributed by atoms with van der Waals surface area (Å²) in [6.07, 6.45) is 2.95. The number of anilines is 4. The first-order valence-corrected chi connectivity index (χ1v) is 10.8. The van der Waals surface area contributed by atoms with Gasteiger partial charge in [0.05, 0.1) is 0 Å². The molecule has 0 atom stereocenters. The number of carbonyl (C=O) groups excluding carboxylic acids is 2. The monoisotopic (exact) mass is 442 g/mol. The van der Waals surface area contributed by atoms with Gasteiger partial charge in [0, 0.05) is 59.2 Å². The molecule has 0 bridgehead atoms. The molecule has 1 amide bonds. The molecule has 170 valence electrons. The maximum Gasteiger partial charge on any atom is 0.255 e. The van der Waals surface area contributed by atoms with Crippen molar-refractivity contribution in [3.05, 3.63) is 89.5 Å². The number of nitrogens with zero attached hydrogens (tertiary/aromatic N) is 1. The molecule has 33 heavy (non-hydrogen) atoms. The molecule has 3 aromatic carbocycles. The van der Waals surface area contributed by atoms with Crippen LogP contribution in [0.2, 0.25) is 0 Å². The summed E-state index contributed by atoms with van der Waals surface area (Å²) in [5, 5.41) is 6.32. The van der Waals surface area contributed by atoms with Crippen molar-refractivity contribution in [2.45, 2.75) is 20.3 Å². The molecule has 4 N–H and O–H groups in total. The van der Waals surface area contributed by atoms with E-state index in [-0.39, 0.29) is 11.7 Å². The van der Waals surface area contributed by atoms with Crippen LogP contribution in [-0.2, 0) is 0 Å². The number of amides is 1. The standard InChI is InChI=1S/C27H30N4O2/c1-5-7-26(24-17-23(31(3)4)14-15-25(24)28)29-21-10-12-22(13-11-21)30-27(33)20-9-6-8-19(16-20)18(2)32/h6-17,29H,5,28H2,1-4H3,(H,30,33)/b26-7+. The second-order valence-electron chi connectivity index (χ2n) is 7.99. The fourth-order valence-corrected chi connectivity index (χ4v) is 3.36. The highest BCUT2D eigenvalue weighted by atomic mass is 16.1. The first-order valence-electron chi connectivity index (χ1n) is 10.8. The van der Waals surface area contributed by atoms with Crippen molar-refractivity contribution in [1.82, 2.24) is 0 Å². The molecular formula is C27H30N4O2. The number of hydrogen-bond acceptors (Lipinski definition) is 5. The normalized spacial score (nSPS) is 11.1. The maximum absolute atomic E-state index is 12.6. The number of rotatable bonds is 8. The van der Waals surface area contributed by atoms with E-state index < -0.39 is 0 Å². The average Bonchev–Trinajstić information content (AvgIpc) is 2.80. The van der Waals surface area contributed by atoms with Crippen LogP contribution >= 0.6 is 0 Å². The van der Waals surface area contributed by atoms with E-state index >= 15 is 0 Å². The number of Topliss-reactive ketones (excluding diaryl/α,β-unsaturated/α-hetero) is 1. The predicted octanol–water partition coefficient (Wildman–Crippen LogP) is 5.65. The van der Waals surface area contributed by atoms with Gasteiger partial charge >= 0.3 is 0 Å². The Hall–Kier alpha value is -4.06. The number of allylic oxidation sites excluding steroid dienone is 1. The smallest absolute Gasteiger partial charge is 0.255 e. The van der Waals surface area contributed by atoms with Gasteiger partial charge in [0.1, 0.15) is 0 Å². The first kappa shape index (κ1) is 23.6. The fourth-order valence-electron chi connectivity index (χ4n) is 3.36. The van der Waals surface area contributed by atoms with E-state index in [2.05, 4.69) is 29.7 Å². The van der Waals surface area contributed by atoms with E-state index in [1.807, 2.05) is 55.4 Å². The van der Waals surface area contributed by atoms with Crippen LogP contribution in [0.4, 0.5) is 22.7 Å². The highest BCUT2D eigenvalue weighted by Gasteiger charge is 2.11. The average molecular weight is 443 g/mol. The lowest BCUT2D eigenvalue weighted by Gasteiger charge is -2.18. The second kappa shape index (κ2) is 10.5. The quantitative estimate of drug-likeness (QED) is 0.310. The molecule has 0 aliphatic rings. The van der Waals surface area contributed by atoms with Crippen molar-refractivity contribution in [3.8, 4) is 0 Å². The van der Waals surface area contributed by atoms with Crippen molar-refractivity contribution in [2.75, 3.05) is 35.4 Å². The fraction of sp³-hybridized carbons (Fsp3) is 0.185. The summed E-state index contributed by atoms with van der Waals surface area (Å²) in [6, 6.07) is 20.1. The van der Waals surface area contributed by atoms with Crippen molar-refractivity contribution in [2.24, 2.45) is 0 Å². The number of hydrogen-bond donors (Lipinski definition) is 3. The zero-order chi connectivity index (χ0) is 24.0. The molecule has 0 saturated carbocycles. The molecule has 6 heteroatoms. The van der Waals surface area contributed by atoms with Gasteiger partial charge in [-0.1, -0.05) is 25.1 Å². The van der Waals surface area contributed by atoms with Gasteiger partial charge in [0.2, 0.25) is 0 Å². The zero-order valence-corrected chi connectivity index (χ0v) is 19.5. The van der Waals surface area contributed by atoms with Crippen LogP contribution in [0.25, 0.3) is 5.70 Å². The summed E-state index contributed by atoms with van der Waals surface area (Å²) in [4.78, 5) is 26.2. The number of ketones is 1. The van der Waals surface area contributed by atoms with Crippen LogP contribution in [0.3, 0.4) is 0 Å². The summed E-state index contributed by atoms with van der Waals surface area (Å²) < 4.78 is 0. The second-order valence-corrected chi connectivity index (χ2v) is 7.99. The van der Waals surface area contributed by atoms with Gasteiger partial charge in [0.15, 0.2) is 5.78 Å². The van der Waals surface area contributed by atoms with E-state index in [1.165, 1.54) is 6.92 Å². The molecule has 6 nitrogen and oxygen atoms in total. The third-order valence-electron chi connectivity index (χ3n) is 5.20. The van der Waals surface area contributed by atoms with Gasteiger partial charge in [-0.2, -0.15) is 0 Å². The highest BCUT2D eigenvalue weighted by Crippen LogP contribution is 2.28. The first-order chi connectivity index (χ1) is 15.8. The van der Waals surface area contributed by atoms with Crippen LogP contribution in [0, 0.1) is 0 Å². The van der Waals surface area contributed by atoms with Crippen LogP contribution in [0.1, 0.15) is 46.5 Å². The third-order valence-corrected chi connectivity index (χ3v) is 5.20. The molecule has 0 aromatic heterocycles. The molecule has 0 heterocycles. The highest BCUT2D eigenvalue weighted by molar-refractivity contribution is 6.06. The molecule has 0 radical (unpaired) electrons. The predicted molar refractivity (Wildman–Crippen MR) is 138 cm³/mol. The molecule has 0 spiro atoms. The lowest BCUT2D eigenvalue weighted by molar-refractivity contribution is 0.101. The number of nitrogens with two attached hydrogens (primary N) is 1. The molecule has 0 aliphatic heterocycles. The van der Waals surface area contributed by atoms with E-state index in [1.54, 1.807) is 24.3 Å². The van der Waals surface area contributed by atoms with Gasteiger partial charge in [-0.15, -0.1) is 0 Å². The number of benzene rings is 3. The number of carbonyl (C=O) groups is 2. The Bertz CT molecular complexity index is 1180. The van der Waals surface area contributed by atoms with Crippen molar-refractivity contribution < 1.29 is 9.59 Å². The maximum atomic E-state index is 12.6. The Kier molecular flexibility index (Phi) is 7.51. The van der Waals surface area contributed by atoms with Crippen molar-refractivity contribution in [1.29, 1.82) is 0 Å². The molecule has 0 fully saturated rings. The Labute approximate surface area is 195 Å². The Morgan fingerprint density at radius 2 is 1.55 bits per heavy atom. The molecular weight excluding hydrogens is 412 g/mol. The largest absolute Gasteiger partial charge is 0.398 e. The summed E-state index contributed by atoms with van der Waals surface area (Å²) in [5.41, 5.74) is 12.4. The van der Waals surface area contributed by atoms with Gasteiger partial charge < -0.3 is 21.3 Å². The minimum Gasteiger partial charge on any atom is -0.398 e. The van der Waals surface area contributed by atoms with Crippen LogP contribution < -0.4 is 21.3 Å². The van der Waals surface area contributed by atoms with Crippen LogP contribution in [0.5, 0.6) is 0 Å². The summed E-state index contributed by atoms with van der Waals surface area (Å²) in [7, 11) is 3.99. The van der Waals surface area contributed by atoms with Crippen LogP contribution in [-0.4, -0.2) is 25.8 Å². The molecule has 3 rings (SSSR count). The van der Waals surface area contributed by atoms with Crippen molar-refractivity contribution >= 4 is 40.1 Å². The van der Waals surface area contributed by atoms with Crippen LogP contribution in [0.15, 0.2) is 72.8 Å².